The lowest BCUT2D eigenvalue weighted by molar-refractivity contribution is 0.151. The van der Waals surface area contributed by atoms with Gasteiger partial charge in [-0.2, -0.15) is 0 Å². The molecule has 1 aromatic carbocycles. The van der Waals surface area contributed by atoms with Crippen molar-refractivity contribution in [3.63, 3.8) is 0 Å². The molecule has 0 amide bonds. The summed E-state index contributed by atoms with van der Waals surface area (Å²) < 4.78 is 13.9. The van der Waals surface area contributed by atoms with Crippen molar-refractivity contribution in [1.29, 1.82) is 0 Å². The molecular formula is C14H19ClFN3O. The lowest BCUT2D eigenvalue weighted by Crippen LogP contribution is -2.45. The molecule has 0 bridgehead atoms. The number of hydrogen-bond donors (Lipinski definition) is 2. The second-order valence-electron chi connectivity index (χ2n) is 5.53. The minimum Gasteiger partial charge on any atom is -0.409 e. The Labute approximate surface area is 123 Å². The van der Waals surface area contributed by atoms with Crippen LogP contribution in [-0.2, 0) is 6.54 Å². The van der Waals surface area contributed by atoms with E-state index in [1.807, 2.05) is 6.92 Å². The maximum absolute atomic E-state index is 13.9. The number of oxime groups is 1. The zero-order valence-corrected chi connectivity index (χ0v) is 12.2. The van der Waals surface area contributed by atoms with E-state index < -0.39 is 0 Å². The van der Waals surface area contributed by atoms with Gasteiger partial charge in [0.05, 0.1) is 5.02 Å². The van der Waals surface area contributed by atoms with Crippen LogP contribution < -0.4 is 5.73 Å². The number of nitrogens with two attached hydrogens (primary N) is 1. The van der Waals surface area contributed by atoms with E-state index in [1.165, 1.54) is 0 Å². The van der Waals surface area contributed by atoms with Gasteiger partial charge in [-0.15, -0.1) is 0 Å². The maximum atomic E-state index is 13.9. The molecule has 20 heavy (non-hydrogen) atoms. The lowest BCUT2D eigenvalue weighted by atomic mass is 9.79. The third-order valence-corrected chi connectivity index (χ3v) is 4.40. The second kappa shape index (κ2) is 5.97. The minimum absolute atomic E-state index is 0.154. The first-order valence-corrected chi connectivity index (χ1v) is 6.97. The van der Waals surface area contributed by atoms with E-state index in [0.29, 0.717) is 12.1 Å². The van der Waals surface area contributed by atoms with Crippen LogP contribution in [0.4, 0.5) is 4.39 Å². The quantitative estimate of drug-likeness (QED) is 0.390. The fraction of sp³-hybridized carbons (Fsp3) is 0.500. The molecule has 0 saturated carbocycles. The maximum Gasteiger partial charge on any atom is 0.146 e. The summed E-state index contributed by atoms with van der Waals surface area (Å²) in [7, 11) is 0. The molecular weight excluding hydrogens is 281 g/mol. The fourth-order valence-corrected chi connectivity index (χ4v) is 2.69. The van der Waals surface area contributed by atoms with Crippen molar-refractivity contribution in [3.8, 4) is 0 Å². The van der Waals surface area contributed by atoms with Gasteiger partial charge in [-0.05, 0) is 32.0 Å². The number of piperidine rings is 1. The summed E-state index contributed by atoms with van der Waals surface area (Å²) in [6.07, 6.45) is 1.57. The van der Waals surface area contributed by atoms with E-state index in [-0.39, 0.29) is 22.1 Å². The molecule has 1 aliphatic heterocycles. The number of amidine groups is 1. The molecule has 1 fully saturated rings. The molecule has 0 atom stereocenters. The fourth-order valence-electron chi connectivity index (χ4n) is 2.49. The highest BCUT2D eigenvalue weighted by atomic mass is 35.5. The Balaban J connectivity index is 2.00. The van der Waals surface area contributed by atoms with Crippen molar-refractivity contribution in [3.05, 3.63) is 34.6 Å². The first-order valence-electron chi connectivity index (χ1n) is 6.59. The highest BCUT2D eigenvalue weighted by Crippen LogP contribution is 2.32. The summed E-state index contributed by atoms with van der Waals surface area (Å²) in [5.41, 5.74) is 6.05. The molecule has 0 aromatic heterocycles. The largest absolute Gasteiger partial charge is 0.409 e. The lowest BCUT2D eigenvalue weighted by Gasteiger charge is -2.38. The van der Waals surface area contributed by atoms with Crippen molar-refractivity contribution in [2.45, 2.75) is 26.3 Å². The summed E-state index contributed by atoms with van der Waals surface area (Å²) in [5, 5.41) is 12.1. The first kappa shape index (κ1) is 15.1. The average molecular weight is 300 g/mol. The van der Waals surface area contributed by atoms with Crippen LogP contribution in [0.5, 0.6) is 0 Å². The van der Waals surface area contributed by atoms with Crippen LogP contribution in [0.15, 0.2) is 23.4 Å². The Hall–Kier alpha value is -1.33. The molecule has 6 heteroatoms. The normalized spacial score (nSPS) is 20.1. The number of likely N-dealkylation sites (tertiary alicyclic amines) is 1. The molecule has 0 spiro atoms. The van der Waals surface area contributed by atoms with Crippen LogP contribution in [-0.4, -0.2) is 29.0 Å². The highest BCUT2D eigenvalue weighted by Gasteiger charge is 2.34. The molecule has 110 valence electrons. The van der Waals surface area contributed by atoms with Gasteiger partial charge in [0.25, 0.3) is 0 Å². The number of rotatable bonds is 3. The average Bonchev–Trinajstić information content (AvgIpc) is 2.45. The van der Waals surface area contributed by atoms with Gasteiger partial charge in [0, 0.05) is 17.5 Å². The van der Waals surface area contributed by atoms with Gasteiger partial charge in [-0.3, -0.25) is 4.90 Å². The molecule has 3 N–H and O–H groups in total. The highest BCUT2D eigenvalue weighted by molar-refractivity contribution is 6.30. The van der Waals surface area contributed by atoms with E-state index in [2.05, 4.69) is 10.1 Å². The number of benzene rings is 1. The molecule has 0 aliphatic carbocycles. The number of hydrogen-bond acceptors (Lipinski definition) is 3. The topological polar surface area (TPSA) is 61.9 Å². The summed E-state index contributed by atoms with van der Waals surface area (Å²) >= 11 is 5.78. The third-order valence-electron chi connectivity index (χ3n) is 4.11. The van der Waals surface area contributed by atoms with Crippen molar-refractivity contribution >= 4 is 17.4 Å². The zero-order valence-electron chi connectivity index (χ0n) is 11.4. The summed E-state index contributed by atoms with van der Waals surface area (Å²) in [6, 6.07) is 5.05. The van der Waals surface area contributed by atoms with E-state index in [4.69, 9.17) is 22.5 Å². The second-order valence-corrected chi connectivity index (χ2v) is 5.94. The molecule has 1 heterocycles. The monoisotopic (exact) mass is 299 g/mol. The van der Waals surface area contributed by atoms with Crippen molar-refractivity contribution in [1.82, 2.24) is 4.90 Å². The van der Waals surface area contributed by atoms with Gasteiger partial charge in [0.2, 0.25) is 0 Å². The predicted octanol–water partition coefficient (Wildman–Crippen LogP) is 2.83. The first-order chi connectivity index (χ1) is 9.46. The van der Waals surface area contributed by atoms with Crippen LogP contribution in [0, 0.1) is 11.2 Å². The standard InChI is InChI=1S/C14H19ClFN3O/c1-14(13(17)18-20)5-7-19(8-6-14)9-10-3-2-4-11(15)12(10)16/h2-4,20H,5-9H2,1H3,(H2,17,18). The van der Waals surface area contributed by atoms with E-state index in [1.54, 1.807) is 18.2 Å². The van der Waals surface area contributed by atoms with E-state index in [0.717, 1.165) is 25.9 Å². The van der Waals surface area contributed by atoms with E-state index in [9.17, 15) is 4.39 Å². The van der Waals surface area contributed by atoms with Crippen LogP contribution in [0.2, 0.25) is 5.02 Å². The summed E-state index contributed by atoms with van der Waals surface area (Å²) in [5.74, 6) is -0.0787. The van der Waals surface area contributed by atoms with Crippen LogP contribution >= 0.6 is 11.6 Å². The van der Waals surface area contributed by atoms with Gasteiger partial charge in [0.1, 0.15) is 11.7 Å². The van der Waals surface area contributed by atoms with Crippen LogP contribution in [0.25, 0.3) is 0 Å². The Kier molecular flexibility index (Phi) is 4.50. The Morgan fingerprint density at radius 3 is 2.75 bits per heavy atom. The molecule has 1 aliphatic rings. The number of nitrogens with zero attached hydrogens (tertiary/aromatic N) is 2. The molecule has 1 aromatic rings. The molecule has 0 radical (unpaired) electrons. The van der Waals surface area contributed by atoms with Gasteiger partial charge in [0.15, 0.2) is 0 Å². The minimum atomic E-state index is -0.348. The third kappa shape index (κ3) is 3.04. The summed E-state index contributed by atoms with van der Waals surface area (Å²) in [4.78, 5) is 2.15. The Bertz CT molecular complexity index is 513. The van der Waals surface area contributed by atoms with Gasteiger partial charge in [-0.25, -0.2) is 4.39 Å². The van der Waals surface area contributed by atoms with Crippen molar-refractivity contribution in [2.24, 2.45) is 16.3 Å². The van der Waals surface area contributed by atoms with Gasteiger partial charge in [-0.1, -0.05) is 35.8 Å². The summed E-state index contributed by atoms with van der Waals surface area (Å²) in [6.45, 7) is 4.06. The molecule has 1 saturated heterocycles. The Morgan fingerprint density at radius 2 is 2.15 bits per heavy atom. The molecule has 2 rings (SSSR count). The van der Waals surface area contributed by atoms with Gasteiger partial charge < -0.3 is 10.9 Å². The molecule has 4 nitrogen and oxygen atoms in total. The number of halogens is 2. The predicted molar refractivity (Wildman–Crippen MR) is 77.4 cm³/mol. The zero-order chi connectivity index (χ0) is 14.8. The van der Waals surface area contributed by atoms with Crippen molar-refractivity contribution < 1.29 is 9.60 Å². The smallest absolute Gasteiger partial charge is 0.146 e. The molecule has 0 unspecified atom stereocenters. The van der Waals surface area contributed by atoms with Crippen LogP contribution in [0.1, 0.15) is 25.3 Å². The van der Waals surface area contributed by atoms with Gasteiger partial charge >= 0.3 is 0 Å². The Morgan fingerprint density at radius 1 is 1.50 bits per heavy atom. The SMILES string of the molecule is CC1(/C(N)=N/O)CCN(Cc2cccc(Cl)c2F)CC1. The van der Waals surface area contributed by atoms with E-state index >= 15 is 0 Å². The van der Waals surface area contributed by atoms with Crippen LogP contribution in [0.3, 0.4) is 0 Å². The van der Waals surface area contributed by atoms with Crippen molar-refractivity contribution in [2.75, 3.05) is 13.1 Å².